The minimum Gasteiger partial charge on any atom is -0.494 e. The zero-order valence-electron chi connectivity index (χ0n) is 20.1. The van der Waals surface area contributed by atoms with Crippen molar-refractivity contribution >= 4 is 29.3 Å². The van der Waals surface area contributed by atoms with E-state index in [1.165, 1.54) is 6.08 Å². The van der Waals surface area contributed by atoms with Crippen LogP contribution in [-0.2, 0) is 9.59 Å². The SMILES string of the molecule is CCOc1ccc(NC(=O)COc2ccc(/C=C(\C#N)C(=O)Nc3cccc(OCC)c3)cc2)cc1. The van der Waals surface area contributed by atoms with Crippen LogP contribution >= 0.6 is 0 Å². The summed E-state index contributed by atoms with van der Waals surface area (Å²) in [5, 5.41) is 14.9. The van der Waals surface area contributed by atoms with Gasteiger partial charge < -0.3 is 24.8 Å². The van der Waals surface area contributed by atoms with Gasteiger partial charge in [-0.05, 0) is 74.0 Å². The first-order valence-corrected chi connectivity index (χ1v) is 11.4. The Hall–Kier alpha value is -4.77. The quantitative estimate of drug-likeness (QED) is 0.291. The molecular weight excluding hydrogens is 458 g/mol. The van der Waals surface area contributed by atoms with Gasteiger partial charge in [-0.15, -0.1) is 0 Å². The summed E-state index contributed by atoms with van der Waals surface area (Å²) in [4.78, 5) is 24.7. The lowest BCUT2D eigenvalue weighted by Crippen LogP contribution is -2.20. The fraction of sp³-hybridized carbons (Fsp3) is 0.179. The molecular formula is C28H27N3O5. The van der Waals surface area contributed by atoms with E-state index in [0.29, 0.717) is 41.7 Å². The molecule has 8 heteroatoms. The van der Waals surface area contributed by atoms with Crippen molar-refractivity contribution in [2.45, 2.75) is 13.8 Å². The molecule has 0 aliphatic heterocycles. The third kappa shape index (κ3) is 7.92. The van der Waals surface area contributed by atoms with Crippen LogP contribution in [0.1, 0.15) is 19.4 Å². The predicted molar refractivity (Wildman–Crippen MR) is 138 cm³/mol. The van der Waals surface area contributed by atoms with Gasteiger partial charge in [0.2, 0.25) is 0 Å². The fourth-order valence-electron chi connectivity index (χ4n) is 3.15. The molecule has 0 atom stereocenters. The number of benzene rings is 3. The third-order valence-electron chi connectivity index (χ3n) is 4.78. The zero-order valence-corrected chi connectivity index (χ0v) is 20.1. The molecule has 2 amide bonds. The number of hydrogen-bond acceptors (Lipinski definition) is 6. The van der Waals surface area contributed by atoms with Crippen LogP contribution in [0.2, 0.25) is 0 Å². The second-order valence-corrected chi connectivity index (χ2v) is 7.45. The van der Waals surface area contributed by atoms with Crippen LogP contribution in [0.5, 0.6) is 17.2 Å². The highest BCUT2D eigenvalue weighted by molar-refractivity contribution is 6.09. The molecule has 0 radical (unpaired) electrons. The molecule has 3 rings (SSSR count). The van der Waals surface area contributed by atoms with E-state index in [1.54, 1.807) is 72.8 Å². The number of anilines is 2. The van der Waals surface area contributed by atoms with Crippen LogP contribution in [0, 0.1) is 11.3 Å². The largest absolute Gasteiger partial charge is 0.494 e. The average Bonchev–Trinajstić information content (AvgIpc) is 2.88. The van der Waals surface area contributed by atoms with E-state index in [2.05, 4.69) is 10.6 Å². The summed E-state index contributed by atoms with van der Waals surface area (Å²) in [6.45, 7) is 4.68. The molecule has 0 unspecified atom stereocenters. The monoisotopic (exact) mass is 485 g/mol. The molecule has 36 heavy (non-hydrogen) atoms. The van der Waals surface area contributed by atoms with E-state index in [4.69, 9.17) is 14.2 Å². The van der Waals surface area contributed by atoms with Gasteiger partial charge in [0.1, 0.15) is 28.9 Å². The average molecular weight is 486 g/mol. The van der Waals surface area contributed by atoms with Crippen molar-refractivity contribution in [3.8, 4) is 23.3 Å². The Morgan fingerprint density at radius 2 is 1.44 bits per heavy atom. The molecule has 8 nitrogen and oxygen atoms in total. The van der Waals surface area contributed by atoms with Gasteiger partial charge in [0.05, 0.1) is 13.2 Å². The lowest BCUT2D eigenvalue weighted by atomic mass is 10.1. The van der Waals surface area contributed by atoms with Gasteiger partial charge in [0, 0.05) is 17.4 Å². The summed E-state index contributed by atoms with van der Waals surface area (Å²) in [7, 11) is 0. The topological polar surface area (TPSA) is 110 Å². The Morgan fingerprint density at radius 3 is 2.11 bits per heavy atom. The van der Waals surface area contributed by atoms with E-state index < -0.39 is 5.91 Å². The van der Waals surface area contributed by atoms with Crippen LogP contribution in [0.4, 0.5) is 11.4 Å². The van der Waals surface area contributed by atoms with Gasteiger partial charge in [-0.25, -0.2) is 0 Å². The number of amides is 2. The second kappa shape index (κ2) is 13.2. The molecule has 0 aliphatic carbocycles. The van der Waals surface area contributed by atoms with E-state index in [0.717, 1.165) is 5.75 Å². The number of hydrogen-bond donors (Lipinski definition) is 2. The number of ether oxygens (including phenoxy) is 3. The van der Waals surface area contributed by atoms with Gasteiger partial charge in [-0.3, -0.25) is 9.59 Å². The summed E-state index contributed by atoms with van der Waals surface area (Å²) in [5.74, 6) is 0.998. The molecule has 0 saturated heterocycles. The van der Waals surface area contributed by atoms with Crippen LogP contribution in [-0.4, -0.2) is 31.6 Å². The van der Waals surface area contributed by atoms with Crippen molar-refractivity contribution in [1.29, 1.82) is 5.26 Å². The van der Waals surface area contributed by atoms with Crippen molar-refractivity contribution in [2.75, 3.05) is 30.5 Å². The molecule has 3 aromatic carbocycles. The smallest absolute Gasteiger partial charge is 0.266 e. The summed E-state index contributed by atoms with van der Waals surface area (Å²) < 4.78 is 16.3. The van der Waals surface area contributed by atoms with Crippen LogP contribution in [0.25, 0.3) is 6.08 Å². The number of nitrogens with one attached hydrogen (secondary N) is 2. The van der Waals surface area contributed by atoms with Gasteiger partial charge in [-0.2, -0.15) is 5.26 Å². The Kier molecular flexibility index (Phi) is 9.48. The van der Waals surface area contributed by atoms with Crippen molar-refractivity contribution < 1.29 is 23.8 Å². The lowest BCUT2D eigenvalue weighted by molar-refractivity contribution is -0.118. The summed E-state index contributed by atoms with van der Waals surface area (Å²) in [6, 6.07) is 22.6. The highest BCUT2D eigenvalue weighted by Crippen LogP contribution is 2.20. The maximum atomic E-state index is 12.5. The molecule has 0 heterocycles. The standard InChI is InChI=1S/C28H27N3O5/c1-3-34-24-14-10-22(11-15-24)30-27(32)19-36-25-12-8-20(9-13-25)16-21(18-29)28(33)31-23-6-5-7-26(17-23)35-4-2/h5-17H,3-4,19H2,1-2H3,(H,30,32)(H,31,33)/b21-16+. The third-order valence-corrected chi connectivity index (χ3v) is 4.78. The van der Waals surface area contributed by atoms with Gasteiger partial charge in [0.15, 0.2) is 6.61 Å². The summed E-state index contributed by atoms with van der Waals surface area (Å²) in [5.41, 5.74) is 1.75. The molecule has 184 valence electrons. The molecule has 2 N–H and O–H groups in total. The van der Waals surface area contributed by atoms with E-state index in [9.17, 15) is 14.9 Å². The molecule has 3 aromatic rings. The van der Waals surface area contributed by atoms with Gasteiger partial charge >= 0.3 is 0 Å². The number of rotatable bonds is 11. The van der Waals surface area contributed by atoms with Crippen LogP contribution in [0.3, 0.4) is 0 Å². The maximum Gasteiger partial charge on any atom is 0.266 e. The molecule has 0 fully saturated rings. The molecule has 0 saturated carbocycles. The maximum absolute atomic E-state index is 12.5. The highest BCUT2D eigenvalue weighted by Gasteiger charge is 2.10. The first-order valence-electron chi connectivity index (χ1n) is 11.4. The predicted octanol–water partition coefficient (Wildman–Crippen LogP) is 5.05. The molecule has 0 bridgehead atoms. The number of nitriles is 1. The molecule has 0 aromatic heterocycles. The van der Waals surface area contributed by atoms with Crippen LogP contribution < -0.4 is 24.8 Å². The van der Waals surface area contributed by atoms with E-state index in [1.807, 2.05) is 19.9 Å². The normalized spacial score (nSPS) is 10.6. The minimum atomic E-state index is -0.530. The Morgan fingerprint density at radius 1 is 0.806 bits per heavy atom. The Bertz CT molecular complexity index is 1250. The lowest BCUT2D eigenvalue weighted by Gasteiger charge is -2.09. The molecule has 0 aliphatic rings. The Labute approximate surface area is 210 Å². The van der Waals surface area contributed by atoms with Crippen molar-refractivity contribution in [1.82, 2.24) is 0 Å². The van der Waals surface area contributed by atoms with E-state index >= 15 is 0 Å². The van der Waals surface area contributed by atoms with Crippen molar-refractivity contribution in [2.24, 2.45) is 0 Å². The second-order valence-electron chi connectivity index (χ2n) is 7.45. The van der Waals surface area contributed by atoms with Gasteiger partial charge in [0.25, 0.3) is 11.8 Å². The first kappa shape index (κ1) is 25.8. The van der Waals surface area contributed by atoms with Gasteiger partial charge in [-0.1, -0.05) is 18.2 Å². The fourth-order valence-corrected chi connectivity index (χ4v) is 3.15. The zero-order chi connectivity index (χ0) is 25.8. The minimum absolute atomic E-state index is 0.0554. The highest BCUT2D eigenvalue weighted by atomic mass is 16.5. The molecule has 0 spiro atoms. The first-order chi connectivity index (χ1) is 17.5. The van der Waals surface area contributed by atoms with Crippen LogP contribution in [0.15, 0.2) is 78.4 Å². The summed E-state index contributed by atoms with van der Waals surface area (Å²) in [6.07, 6.45) is 1.48. The van der Waals surface area contributed by atoms with Crippen molar-refractivity contribution in [3.63, 3.8) is 0 Å². The van der Waals surface area contributed by atoms with E-state index in [-0.39, 0.29) is 18.1 Å². The van der Waals surface area contributed by atoms with Crippen molar-refractivity contribution in [3.05, 3.63) is 83.9 Å². The summed E-state index contributed by atoms with van der Waals surface area (Å²) >= 11 is 0. The number of carbonyl (C=O) groups excluding carboxylic acids is 2. The number of carbonyl (C=O) groups is 2. The Balaban J connectivity index is 1.54. The number of nitrogens with zero attached hydrogens (tertiary/aromatic N) is 1.